The number of hydrogen-bond donors (Lipinski definition) is 0. The van der Waals surface area contributed by atoms with Gasteiger partial charge < -0.3 is 9.64 Å². The second kappa shape index (κ2) is 8.89. The van der Waals surface area contributed by atoms with Crippen LogP contribution in [0.4, 0.5) is 4.39 Å². The van der Waals surface area contributed by atoms with E-state index >= 15 is 0 Å². The fourth-order valence-corrected chi connectivity index (χ4v) is 4.92. The van der Waals surface area contributed by atoms with Crippen molar-refractivity contribution < 1.29 is 13.3 Å². The Morgan fingerprint density at radius 1 is 1.08 bits per heavy atom. The largest absolute Gasteiger partial charge is 0.377 e. The molecule has 0 amide bonds. The quantitative estimate of drug-likeness (QED) is 0.740. The first-order valence-electron chi connectivity index (χ1n) is 9.06. The number of halogens is 1. The second-order valence-corrected chi connectivity index (χ2v) is 8.36. The molecule has 26 heavy (non-hydrogen) atoms. The number of likely N-dealkylation sites (tertiary alicyclic amines) is 1. The number of rotatable bonds is 7. The summed E-state index contributed by atoms with van der Waals surface area (Å²) in [5, 5.41) is 0. The highest BCUT2D eigenvalue weighted by Crippen LogP contribution is 2.28. The molecule has 2 aromatic rings. The lowest BCUT2D eigenvalue weighted by Gasteiger charge is -2.40. The number of hydrogen-bond acceptors (Lipinski definition) is 3. The van der Waals surface area contributed by atoms with Crippen molar-refractivity contribution in [2.45, 2.75) is 29.8 Å². The Morgan fingerprint density at radius 3 is 2.35 bits per heavy atom. The molecule has 0 radical (unpaired) electrons. The Balaban J connectivity index is 1.53. The SMILES string of the molecule is COC1(CS(=O)c2ccc(F)cc2)CCN(CCc2ccccc2)CC1. The molecule has 1 unspecified atom stereocenters. The van der Waals surface area contributed by atoms with E-state index in [0.29, 0.717) is 10.6 Å². The number of benzene rings is 2. The third-order valence-electron chi connectivity index (χ3n) is 5.23. The van der Waals surface area contributed by atoms with Gasteiger partial charge >= 0.3 is 0 Å². The van der Waals surface area contributed by atoms with Gasteiger partial charge in [-0.2, -0.15) is 0 Å². The summed E-state index contributed by atoms with van der Waals surface area (Å²) in [4.78, 5) is 3.11. The normalized spacial score (nSPS) is 18.5. The van der Waals surface area contributed by atoms with Crippen molar-refractivity contribution in [2.75, 3.05) is 32.5 Å². The Bertz CT molecular complexity index is 713. The fraction of sp³-hybridized carbons (Fsp3) is 0.429. The summed E-state index contributed by atoms with van der Waals surface area (Å²) in [6.45, 7) is 2.92. The van der Waals surface area contributed by atoms with E-state index < -0.39 is 10.8 Å². The Hall–Kier alpha value is -1.56. The molecular formula is C21H26FNO2S. The topological polar surface area (TPSA) is 29.5 Å². The Morgan fingerprint density at radius 2 is 1.73 bits per heavy atom. The third-order valence-corrected chi connectivity index (χ3v) is 6.82. The van der Waals surface area contributed by atoms with Crippen LogP contribution >= 0.6 is 0 Å². The molecule has 3 nitrogen and oxygen atoms in total. The molecule has 1 fully saturated rings. The van der Waals surface area contributed by atoms with Crippen LogP contribution < -0.4 is 0 Å². The van der Waals surface area contributed by atoms with Gasteiger partial charge in [0, 0.05) is 31.6 Å². The zero-order chi connectivity index (χ0) is 18.4. The maximum Gasteiger partial charge on any atom is 0.123 e. The van der Waals surface area contributed by atoms with Gasteiger partial charge in [-0.15, -0.1) is 0 Å². The van der Waals surface area contributed by atoms with Gasteiger partial charge in [0.25, 0.3) is 0 Å². The first-order chi connectivity index (χ1) is 12.6. The van der Waals surface area contributed by atoms with Crippen molar-refractivity contribution >= 4 is 10.8 Å². The van der Waals surface area contributed by atoms with Crippen LogP contribution in [-0.2, 0) is 22.0 Å². The molecule has 1 saturated heterocycles. The molecule has 0 N–H and O–H groups in total. The summed E-state index contributed by atoms with van der Waals surface area (Å²) in [6, 6.07) is 16.4. The van der Waals surface area contributed by atoms with Gasteiger partial charge in [-0.25, -0.2) is 4.39 Å². The van der Waals surface area contributed by atoms with E-state index in [1.54, 1.807) is 19.2 Å². The molecule has 0 aliphatic carbocycles. The van der Waals surface area contributed by atoms with Gasteiger partial charge in [0.1, 0.15) is 5.82 Å². The van der Waals surface area contributed by atoms with Gasteiger partial charge in [0.15, 0.2) is 0 Å². The highest BCUT2D eigenvalue weighted by molar-refractivity contribution is 7.85. The van der Waals surface area contributed by atoms with Gasteiger partial charge in [-0.05, 0) is 49.1 Å². The maximum atomic E-state index is 13.1. The van der Waals surface area contributed by atoms with E-state index in [1.165, 1.54) is 17.7 Å². The predicted octanol–water partition coefficient (Wildman–Crippen LogP) is 3.66. The highest BCUT2D eigenvalue weighted by Gasteiger charge is 2.36. The van der Waals surface area contributed by atoms with Gasteiger partial charge in [-0.3, -0.25) is 4.21 Å². The van der Waals surface area contributed by atoms with Crippen LogP contribution in [-0.4, -0.2) is 47.2 Å². The maximum absolute atomic E-state index is 13.1. The molecule has 0 spiro atoms. The van der Waals surface area contributed by atoms with Crippen LogP contribution in [0.5, 0.6) is 0 Å². The first-order valence-corrected chi connectivity index (χ1v) is 10.4. The van der Waals surface area contributed by atoms with Gasteiger partial charge in [0.2, 0.25) is 0 Å². The molecule has 2 aromatic carbocycles. The van der Waals surface area contributed by atoms with Crippen molar-refractivity contribution in [2.24, 2.45) is 0 Å². The van der Waals surface area contributed by atoms with Crippen LogP contribution in [0.3, 0.4) is 0 Å². The van der Waals surface area contributed by atoms with Crippen LogP contribution in [0, 0.1) is 5.82 Å². The van der Waals surface area contributed by atoms with Gasteiger partial charge in [0.05, 0.1) is 22.2 Å². The summed E-state index contributed by atoms with van der Waals surface area (Å²) >= 11 is 0. The molecule has 140 valence electrons. The number of nitrogens with zero attached hydrogens (tertiary/aromatic N) is 1. The smallest absolute Gasteiger partial charge is 0.123 e. The predicted molar refractivity (Wildman–Crippen MR) is 103 cm³/mol. The minimum atomic E-state index is -1.18. The van der Waals surface area contributed by atoms with Crippen LogP contribution in [0.1, 0.15) is 18.4 Å². The van der Waals surface area contributed by atoms with Crippen LogP contribution in [0.2, 0.25) is 0 Å². The van der Waals surface area contributed by atoms with Crippen molar-refractivity contribution in [1.29, 1.82) is 0 Å². The minimum Gasteiger partial charge on any atom is -0.377 e. The number of piperidine rings is 1. The van der Waals surface area contributed by atoms with E-state index in [0.717, 1.165) is 38.9 Å². The minimum absolute atomic E-state index is 0.307. The molecule has 1 aliphatic rings. The van der Waals surface area contributed by atoms with E-state index in [4.69, 9.17) is 4.74 Å². The average molecular weight is 376 g/mol. The van der Waals surface area contributed by atoms with Crippen molar-refractivity contribution in [3.05, 3.63) is 66.0 Å². The molecular weight excluding hydrogens is 349 g/mol. The molecule has 5 heteroatoms. The Labute approximate surface area is 157 Å². The highest BCUT2D eigenvalue weighted by atomic mass is 32.2. The zero-order valence-electron chi connectivity index (χ0n) is 15.2. The summed E-state index contributed by atoms with van der Waals surface area (Å²) < 4.78 is 31.5. The number of ether oxygens (including phenoxy) is 1. The molecule has 0 bridgehead atoms. The monoisotopic (exact) mass is 375 g/mol. The van der Waals surface area contributed by atoms with E-state index in [2.05, 4.69) is 29.2 Å². The molecule has 3 rings (SSSR count). The third kappa shape index (κ3) is 5.00. The Kier molecular flexibility index (Phi) is 6.57. The summed E-state index contributed by atoms with van der Waals surface area (Å²) in [5.41, 5.74) is 0.996. The second-order valence-electron chi connectivity index (χ2n) is 6.91. The van der Waals surface area contributed by atoms with Crippen molar-refractivity contribution in [3.63, 3.8) is 0 Å². The van der Waals surface area contributed by atoms with Crippen molar-refractivity contribution in [3.8, 4) is 0 Å². The van der Waals surface area contributed by atoms with Gasteiger partial charge in [-0.1, -0.05) is 30.3 Å². The first kappa shape index (κ1) is 19.2. The van der Waals surface area contributed by atoms with E-state index in [1.807, 2.05) is 6.07 Å². The molecule has 1 atom stereocenters. The summed E-state index contributed by atoms with van der Waals surface area (Å²) in [5.74, 6) is 0.153. The average Bonchev–Trinajstić information content (AvgIpc) is 2.69. The number of methoxy groups -OCH3 is 1. The van der Waals surface area contributed by atoms with Crippen molar-refractivity contribution in [1.82, 2.24) is 4.90 Å². The van der Waals surface area contributed by atoms with E-state index in [-0.39, 0.29) is 11.4 Å². The lowest BCUT2D eigenvalue weighted by atomic mass is 9.93. The standard InChI is InChI=1S/C21H26FNO2S/c1-25-21(17-26(24)20-9-7-19(22)8-10-20)12-15-23(16-13-21)14-11-18-5-3-2-4-6-18/h2-10H,11-17H2,1H3. The lowest BCUT2D eigenvalue weighted by Crippen LogP contribution is -2.49. The fourth-order valence-electron chi connectivity index (χ4n) is 3.43. The summed E-state index contributed by atoms with van der Waals surface area (Å²) in [6.07, 6.45) is 2.78. The van der Waals surface area contributed by atoms with Crippen LogP contribution in [0.25, 0.3) is 0 Å². The van der Waals surface area contributed by atoms with Crippen LogP contribution in [0.15, 0.2) is 59.5 Å². The molecule has 1 heterocycles. The summed E-state index contributed by atoms with van der Waals surface area (Å²) in [7, 11) is 0.527. The molecule has 0 saturated carbocycles. The zero-order valence-corrected chi connectivity index (χ0v) is 16.0. The molecule has 0 aromatic heterocycles. The van der Waals surface area contributed by atoms with E-state index in [9.17, 15) is 8.60 Å². The molecule has 1 aliphatic heterocycles. The lowest BCUT2D eigenvalue weighted by molar-refractivity contribution is -0.0391.